The molecular weight excluding hydrogens is 208 g/mol. The predicted octanol–water partition coefficient (Wildman–Crippen LogP) is 4.41. The highest BCUT2D eigenvalue weighted by atomic mass is 16.5. The second-order valence-corrected chi connectivity index (χ2v) is 7.94. The zero-order valence-electron chi connectivity index (χ0n) is 12.0. The van der Waals surface area contributed by atoms with E-state index in [1.807, 2.05) is 0 Å². The van der Waals surface area contributed by atoms with E-state index in [1.54, 1.807) is 0 Å². The van der Waals surface area contributed by atoms with E-state index < -0.39 is 0 Å². The summed E-state index contributed by atoms with van der Waals surface area (Å²) in [5.74, 6) is 1.73. The number of hydrogen-bond donors (Lipinski definition) is 0. The maximum absolute atomic E-state index is 6.13. The van der Waals surface area contributed by atoms with Crippen molar-refractivity contribution < 1.29 is 4.74 Å². The van der Waals surface area contributed by atoms with Crippen molar-refractivity contribution in [3.63, 3.8) is 0 Å². The molecule has 1 heterocycles. The largest absolute Gasteiger partial charge is 0.375 e. The van der Waals surface area contributed by atoms with Crippen molar-refractivity contribution in [1.29, 1.82) is 0 Å². The van der Waals surface area contributed by atoms with Gasteiger partial charge >= 0.3 is 0 Å². The summed E-state index contributed by atoms with van der Waals surface area (Å²) >= 11 is 0. The van der Waals surface area contributed by atoms with Gasteiger partial charge in [0, 0.05) is 6.61 Å². The Morgan fingerprint density at radius 2 is 1.65 bits per heavy atom. The SMILES string of the molecule is CC1(C)CCC[C@]2(C)[C@H]1CC[C@]1(C)OCC[C@@H]21. The predicted molar refractivity (Wildman–Crippen MR) is 70.9 cm³/mol. The third-order valence-corrected chi connectivity index (χ3v) is 6.58. The van der Waals surface area contributed by atoms with Gasteiger partial charge in [-0.05, 0) is 61.7 Å². The molecule has 0 unspecified atom stereocenters. The molecular formula is C16H28O. The molecule has 3 fully saturated rings. The van der Waals surface area contributed by atoms with Crippen LogP contribution in [-0.4, -0.2) is 12.2 Å². The van der Waals surface area contributed by atoms with Crippen LogP contribution < -0.4 is 0 Å². The average molecular weight is 236 g/mol. The van der Waals surface area contributed by atoms with Crippen LogP contribution in [0.2, 0.25) is 0 Å². The second kappa shape index (κ2) is 3.50. The summed E-state index contributed by atoms with van der Waals surface area (Å²) in [6, 6.07) is 0. The van der Waals surface area contributed by atoms with Crippen LogP contribution in [0.25, 0.3) is 0 Å². The lowest BCUT2D eigenvalue weighted by atomic mass is 9.46. The third-order valence-electron chi connectivity index (χ3n) is 6.58. The highest BCUT2D eigenvalue weighted by Crippen LogP contribution is 2.64. The van der Waals surface area contributed by atoms with Crippen molar-refractivity contribution in [1.82, 2.24) is 0 Å². The van der Waals surface area contributed by atoms with Crippen LogP contribution in [0.4, 0.5) is 0 Å². The number of rotatable bonds is 0. The molecule has 1 aliphatic heterocycles. The molecule has 0 aromatic rings. The monoisotopic (exact) mass is 236 g/mol. The molecule has 0 bridgehead atoms. The second-order valence-electron chi connectivity index (χ2n) is 7.94. The first kappa shape index (κ1) is 12.0. The Kier molecular flexibility index (Phi) is 2.47. The zero-order chi connectivity index (χ0) is 12.3. The quantitative estimate of drug-likeness (QED) is 0.605. The summed E-state index contributed by atoms with van der Waals surface area (Å²) in [5.41, 5.74) is 1.31. The Bertz CT molecular complexity index is 317. The van der Waals surface area contributed by atoms with Crippen molar-refractivity contribution in [3.8, 4) is 0 Å². The van der Waals surface area contributed by atoms with Crippen molar-refractivity contribution in [3.05, 3.63) is 0 Å². The Morgan fingerprint density at radius 3 is 2.41 bits per heavy atom. The lowest BCUT2D eigenvalue weighted by Gasteiger charge is -2.60. The van der Waals surface area contributed by atoms with Crippen LogP contribution in [0.3, 0.4) is 0 Å². The van der Waals surface area contributed by atoms with Gasteiger partial charge in [-0.2, -0.15) is 0 Å². The van der Waals surface area contributed by atoms with Crippen LogP contribution in [0.5, 0.6) is 0 Å². The molecule has 0 amide bonds. The van der Waals surface area contributed by atoms with E-state index in [0.29, 0.717) is 10.8 Å². The zero-order valence-corrected chi connectivity index (χ0v) is 12.0. The molecule has 0 radical (unpaired) electrons. The van der Waals surface area contributed by atoms with E-state index in [9.17, 15) is 0 Å². The lowest BCUT2D eigenvalue weighted by Crippen LogP contribution is -2.55. The molecule has 1 nitrogen and oxygen atoms in total. The van der Waals surface area contributed by atoms with Crippen LogP contribution >= 0.6 is 0 Å². The summed E-state index contributed by atoms with van der Waals surface area (Å²) in [6.07, 6.45) is 8.27. The van der Waals surface area contributed by atoms with Gasteiger partial charge in [-0.15, -0.1) is 0 Å². The number of hydrogen-bond acceptors (Lipinski definition) is 1. The molecule has 2 saturated carbocycles. The molecule has 3 aliphatic rings. The van der Waals surface area contributed by atoms with Gasteiger partial charge in [0.25, 0.3) is 0 Å². The Balaban J connectivity index is 1.98. The smallest absolute Gasteiger partial charge is 0.0688 e. The van der Waals surface area contributed by atoms with Gasteiger partial charge in [0.05, 0.1) is 5.60 Å². The first-order valence-corrected chi connectivity index (χ1v) is 7.52. The van der Waals surface area contributed by atoms with Crippen molar-refractivity contribution in [2.45, 2.75) is 71.8 Å². The first-order chi connectivity index (χ1) is 7.89. The number of ether oxygens (including phenoxy) is 1. The van der Waals surface area contributed by atoms with E-state index in [0.717, 1.165) is 18.4 Å². The van der Waals surface area contributed by atoms with Crippen LogP contribution in [-0.2, 0) is 4.74 Å². The molecule has 4 atom stereocenters. The molecule has 0 aromatic carbocycles. The third kappa shape index (κ3) is 1.54. The van der Waals surface area contributed by atoms with E-state index in [2.05, 4.69) is 27.7 Å². The van der Waals surface area contributed by atoms with Crippen molar-refractivity contribution >= 4 is 0 Å². The molecule has 98 valence electrons. The van der Waals surface area contributed by atoms with Gasteiger partial charge in [0.15, 0.2) is 0 Å². The Labute approximate surface area is 106 Å². The molecule has 0 N–H and O–H groups in total. The maximum Gasteiger partial charge on any atom is 0.0688 e. The summed E-state index contributed by atoms with van der Waals surface area (Å²) < 4.78 is 6.13. The normalized spacial score (nSPS) is 52.9. The van der Waals surface area contributed by atoms with E-state index in [4.69, 9.17) is 4.74 Å². The highest BCUT2D eigenvalue weighted by molar-refractivity contribution is 5.09. The fourth-order valence-corrected chi connectivity index (χ4v) is 5.82. The Hall–Kier alpha value is -0.0400. The minimum atomic E-state index is 0.207. The minimum absolute atomic E-state index is 0.207. The Morgan fingerprint density at radius 1 is 0.882 bits per heavy atom. The molecule has 17 heavy (non-hydrogen) atoms. The molecule has 1 saturated heterocycles. The van der Waals surface area contributed by atoms with Gasteiger partial charge in [0.2, 0.25) is 0 Å². The van der Waals surface area contributed by atoms with Crippen LogP contribution in [0.15, 0.2) is 0 Å². The van der Waals surface area contributed by atoms with Crippen LogP contribution in [0.1, 0.15) is 66.2 Å². The first-order valence-electron chi connectivity index (χ1n) is 7.52. The highest BCUT2D eigenvalue weighted by Gasteiger charge is 2.60. The van der Waals surface area contributed by atoms with E-state index in [1.165, 1.54) is 38.5 Å². The van der Waals surface area contributed by atoms with Crippen molar-refractivity contribution in [2.75, 3.05) is 6.61 Å². The fraction of sp³-hybridized carbons (Fsp3) is 1.00. The summed E-state index contributed by atoms with van der Waals surface area (Å²) in [6.45, 7) is 11.0. The molecule has 0 aromatic heterocycles. The molecule has 2 aliphatic carbocycles. The molecule has 0 spiro atoms. The van der Waals surface area contributed by atoms with E-state index >= 15 is 0 Å². The summed E-state index contributed by atoms with van der Waals surface area (Å²) in [5, 5.41) is 0. The van der Waals surface area contributed by atoms with Gasteiger partial charge in [-0.1, -0.05) is 27.2 Å². The lowest BCUT2D eigenvalue weighted by molar-refractivity contribution is -0.147. The van der Waals surface area contributed by atoms with Gasteiger partial charge in [0.1, 0.15) is 0 Å². The summed E-state index contributed by atoms with van der Waals surface area (Å²) in [4.78, 5) is 0. The standard InChI is InChI=1S/C16H28O/c1-14(2)8-5-9-15(3)12(14)6-10-16(4)13(15)7-11-17-16/h12-13H,5-11H2,1-4H3/t12-,13-,15+,16-/m0/s1. The van der Waals surface area contributed by atoms with Gasteiger partial charge < -0.3 is 4.74 Å². The topological polar surface area (TPSA) is 9.23 Å². The maximum atomic E-state index is 6.13. The average Bonchev–Trinajstić information content (AvgIpc) is 2.60. The fourth-order valence-electron chi connectivity index (χ4n) is 5.82. The van der Waals surface area contributed by atoms with Gasteiger partial charge in [-0.25, -0.2) is 0 Å². The molecule has 1 heteroatoms. The number of fused-ring (bicyclic) bond motifs is 3. The molecule has 3 rings (SSSR count). The summed E-state index contributed by atoms with van der Waals surface area (Å²) in [7, 11) is 0. The minimum Gasteiger partial charge on any atom is -0.375 e. The van der Waals surface area contributed by atoms with Crippen molar-refractivity contribution in [2.24, 2.45) is 22.7 Å². The van der Waals surface area contributed by atoms with Crippen LogP contribution in [0, 0.1) is 22.7 Å². The van der Waals surface area contributed by atoms with E-state index in [-0.39, 0.29) is 5.60 Å². The van der Waals surface area contributed by atoms with Gasteiger partial charge in [-0.3, -0.25) is 0 Å².